The average molecular weight is 359 g/mol. The summed E-state index contributed by atoms with van der Waals surface area (Å²) < 4.78 is 6.08. The smallest absolute Gasteiger partial charge is 0.122 e. The molecule has 1 aromatic rings. The first-order valence-electron chi connectivity index (χ1n) is 10.6. The van der Waals surface area contributed by atoms with Crippen LogP contribution in [0, 0.1) is 0 Å². The van der Waals surface area contributed by atoms with Gasteiger partial charge >= 0.3 is 0 Å². The Morgan fingerprint density at radius 3 is 2.62 bits per heavy atom. The van der Waals surface area contributed by atoms with Crippen molar-refractivity contribution in [2.24, 2.45) is 0 Å². The van der Waals surface area contributed by atoms with Gasteiger partial charge in [-0.15, -0.1) is 0 Å². The first kappa shape index (κ1) is 18.2. The van der Waals surface area contributed by atoms with Gasteiger partial charge in [0.2, 0.25) is 0 Å². The van der Waals surface area contributed by atoms with E-state index in [2.05, 4.69) is 50.6 Å². The lowest BCUT2D eigenvalue weighted by atomic mass is 10.0. The minimum Gasteiger partial charge on any atom is -0.369 e. The molecule has 2 atom stereocenters. The SMILES string of the molecule is c1ccc(N2CCN(CCCCOC3CC4CCCCN4N3)CC2)cc1. The van der Waals surface area contributed by atoms with E-state index in [1.807, 2.05) is 0 Å². The van der Waals surface area contributed by atoms with Gasteiger partial charge in [-0.25, -0.2) is 10.4 Å². The second kappa shape index (κ2) is 9.18. The number of hydrogen-bond donors (Lipinski definition) is 1. The minimum atomic E-state index is 0.257. The van der Waals surface area contributed by atoms with Crippen LogP contribution < -0.4 is 10.3 Å². The highest BCUT2D eigenvalue weighted by atomic mass is 16.5. The Bertz CT molecular complexity index is 518. The van der Waals surface area contributed by atoms with Crippen LogP contribution in [-0.2, 0) is 4.74 Å². The normalized spacial score (nSPS) is 27.6. The zero-order valence-electron chi connectivity index (χ0n) is 16.0. The van der Waals surface area contributed by atoms with Gasteiger partial charge in [-0.05, 0) is 44.4 Å². The Labute approximate surface area is 158 Å². The van der Waals surface area contributed by atoms with Gasteiger partial charge in [-0.3, -0.25) is 4.90 Å². The zero-order valence-corrected chi connectivity index (χ0v) is 16.0. The van der Waals surface area contributed by atoms with E-state index < -0.39 is 0 Å². The van der Waals surface area contributed by atoms with Crippen molar-refractivity contribution < 1.29 is 4.74 Å². The minimum absolute atomic E-state index is 0.257. The van der Waals surface area contributed by atoms with Crippen LogP contribution in [-0.4, -0.2) is 68.1 Å². The number of anilines is 1. The van der Waals surface area contributed by atoms with Crippen molar-refractivity contribution in [1.29, 1.82) is 0 Å². The predicted octanol–water partition coefficient (Wildman–Crippen LogP) is 2.69. The Morgan fingerprint density at radius 2 is 1.81 bits per heavy atom. The van der Waals surface area contributed by atoms with Crippen molar-refractivity contribution in [3.63, 3.8) is 0 Å². The van der Waals surface area contributed by atoms with E-state index in [4.69, 9.17) is 4.74 Å². The first-order chi connectivity index (χ1) is 12.9. The van der Waals surface area contributed by atoms with E-state index in [0.29, 0.717) is 0 Å². The average Bonchev–Trinajstić information content (AvgIpc) is 3.12. The summed E-state index contributed by atoms with van der Waals surface area (Å²) in [5.41, 5.74) is 4.91. The molecule has 3 aliphatic rings. The third-order valence-corrected chi connectivity index (χ3v) is 6.10. The number of benzene rings is 1. The van der Waals surface area contributed by atoms with Crippen molar-refractivity contribution in [3.05, 3.63) is 30.3 Å². The number of nitrogens with one attached hydrogen (secondary N) is 1. The van der Waals surface area contributed by atoms with Gasteiger partial charge in [0.1, 0.15) is 6.23 Å². The van der Waals surface area contributed by atoms with Crippen LogP contribution in [0.1, 0.15) is 38.5 Å². The van der Waals surface area contributed by atoms with Crippen LogP contribution in [0.15, 0.2) is 30.3 Å². The maximum Gasteiger partial charge on any atom is 0.122 e. The van der Waals surface area contributed by atoms with Gasteiger partial charge in [0.25, 0.3) is 0 Å². The summed E-state index contributed by atoms with van der Waals surface area (Å²) in [6.45, 7) is 7.93. The molecule has 3 saturated heterocycles. The molecular weight excluding hydrogens is 324 g/mol. The fraction of sp³-hybridized carbons (Fsp3) is 0.714. The fourth-order valence-corrected chi connectivity index (χ4v) is 4.54. The number of piperazine rings is 1. The Hall–Kier alpha value is -1.14. The van der Waals surface area contributed by atoms with E-state index in [0.717, 1.165) is 25.7 Å². The largest absolute Gasteiger partial charge is 0.369 e. The summed E-state index contributed by atoms with van der Waals surface area (Å²) in [4.78, 5) is 5.10. The molecule has 0 amide bonds. The molecule has 0 aliphatic carbocycles. The third kappa shape index (κ3) is 4.77. The van der Waals surface area contributed by atoms with E-state index in [1.165, 1.54) is 70.4 Å². The van der Waals surface area contributed by atoms with Crippen molar-refractivity contribution >= 4 is 5.69 Å². The van der Waals surface area contributed by atoms with Crippen LogP contribution in [0.2, 0.25) is 0 Å². The Kier molecular flexibility index (Phi) is 6.44. The highest BCUT2D eigenvalue weighted by Gasteiger charge is 2.33. The lowest BCUT2D eigenvalue weighted by molar-refractivity contribution is 0.0125. The second-order valence-electron chi connectivity index (χ2n) is 7.94. The molecule has 0 spiro atoms. The topological polar surface area (TPSA) is 31.0 Å². The van der Waals surface area contributed by atoms with E-state index in [9.17, 15) is 0 Å². The Balaban J connectivity index is 1.06. The molecule has 2 unspecified atom stereocenters. The number of rotatable bonds is 7. The number of para-hydroxylation sites is 1. The number of fused-ring (bicyclic) bond motifs is 1. The van der Waals surface area contributed by atoms with Crippen LogP contribution >= 0.6 is 0 Å². The molecule has 5 nitrogen and oxygen atoms in total. The van der Waals surface area contributed by atoms with Crippen molar-refractivity contribution in [1.82, 2.24) is 15.3 Å². The predicted molar refractivity (Wildman–Crippen MR) is 106 cm³/mol. The summed E-state index contributed by atoms with van der Waals surface area (Å²) in [6.07, 6.45) is 7.88. The highest BCUT2D eigenvalue weighted by molar-refractivity contribution is 5.46. The highest BCUT2D eigenvalue weighted by Crippen LogP contribution is 2.25. The molecule has 0 saturated carbocycles. The molecule has 3 aliphatic heterocycles. The van der Waals surface area contributed by atoms with E-state index in [-0.39, 0.29) is 6.23 Å². The first-order valence-corrected chi connectivity index (χ1v) is 10.6. The molecule has 0 bridgehead atoms. The third-order valence-electron chi connectivity index (χ3n) is 6.10. The quantitative estimate of drug-likeness (QED) is 0.758. The van der Waals surface area contributed by atoms with Gasteiger partial charge < -0.3 is 9.64 Å². The summed E-state index contributed by atoms with van der Waals surface area (Å²) >= 11 is 0. The molecule has 3 heterocycles. The van der Waals surface area contributed by atoms with Gasteiger partial charge in [0.15, 0.2) is 0 Å². The molecule has 4 rings (SSSR count). The molecule has 26 heavy (non-hydrogen) atoms. The number of unbranched alkanes of at least 4 members (excludes halogenated alkanes) is 1. The maximum atomic E-state index is 6.08. The molecule has 1 N–H and O–H groups in total. The lowest BCUT2D eigenvalue weighted by Gasteiger charge is -2.36. The number of hydrogen-bond acceptors (Lipinski definition) is 5. The summed E-state index contributed by atoms with van der Waals surface area (Å²) in [7, 11) is 0. The van der Waals surface area contributed by atoms with Gasteiger partial charge in [-0.1, -0.05) is 24.6 Å². The zero-order chi connectivity index (χ0) is 17.6. The molecular formula is C21H34N4O. The van der Waals surface area contributed by atoms with Crippen LogP contribution in [0.25, 0.3) is 0 Å². The molecule has 144 valence electrons. The van der Waals surface area contributed by atoms with Crippen LogP contribution in [0.4, 0.5) is 5.69 Å². The second-order valence-corrected chi connectivity index (χ2v) is 7.94. The monoisotopic (exact) mass is 358 g/mol. The maximum absolute atomic E-state index is 6.08. The number of hydrazine groups is 1. The van der Waals surface area contributed by atoms with Crippen LogP contribution in [0.3, 0.4) is 0 Å². The van der Waals surface area contributed by atoms with Crippen molar-refractivity contribution in [3.8, 4) is 0 Å². The van der Waals surface area contributed by atoms with Crippen LogP contribution in [0.5, 0.6) is 0 Å². The molecule has 0 radical (unpaired) electrons. The van der Waals surface area contributed by atoms with Crippen molar-refractivity contribution in [2.75, 3.05) is 50.8 Å². The summed E-state index contributed by atoms with van der Waals surface area (Å²) in [5, 5.41) is 2.42. The van der Waals surface area contributed by atoms with Gasteiger partial charge in [-0.2, -0.15) is 0 Å². The fourth-order valence-electron chi connectivity index (χ4n) is 4.54. The number of ether oxygens (including phenoxy) is 1. The number of nitrogens with zero attached hydrogens (tertiary/aromatic N) is 3. The lowest BCUT2D eigenvalue weighted by Crippen LogP contribution is -2.46. The Morgan fingerprint density at radius 1 is 0.962 bits per heavy atom. The standard InChI is InChI=1S/C21H34N4O/c1-2-8-19(9-3-1)24-15-13-23(14-16-24)11-6-7-17-26-21-18-20-10-4-5-12-25(20)22-21/h1-3,8-9,20-22H,4-7,10-18H2. The molecule has 5 heteroatoms. The number of piperidine rings is 1. The van der Waals surface area contributed by atoms with Gasteiger partial charge in [0, 0.05) is 57.5 Å². The summed E-state index contributed by atoms with van der Waals surface area (Å²) in [6, 6.07) is 11.5. The van der Waals surface area contributed by atoms with Gasteiger partial charge in [0.05, 0.1) is 0 Å². The molecule has 3 fully saturated rings. The molecule has 0 aromatic heterocycles. The van der Waals surface area contributed by atoms with E-state index >= 15 is 0 Å². The summed E-state index contributed by atoms with van der Waals surface area (Å²) in [5.74, 6) is 0. The van der Waals surface area contributed by atoms with Crippen molar-refractivity contribution in [2.45, 2.75) is 50.8 Å². The molecule has 1 aromatic carbocycles. The van der Waals surface area contributed by atoms with E-state index in [1.54, 1.807) is 0 Å².